The standard InChI is InChI=1S/C33H32N2O8S2.Na/c36-44(37,38)19-7-17-34-28-21-26(24-9-3-1-4-10-24)13-15-30(28)42-32(34)23-33-35(18-8-20-45(39,40)41)29-22-27(14-16-31(29)43-33)25-11-5-2-6-12-25;/h1-6,9-16,21,23,27H,7-8,17-20,22H2,(H-,36,37,38,39,40,41);/q;+1/p-1. The maximum Gasteiger partial charge on any atom is 1.00 e. The van der Waals surface area contributed by atoms with Crippen LogP contribution in [0.15, 0.2) is 95.2 Å². The predicted molar refractivity (Wildman–Crippen MR) is 167 cm³/mol. The van der Waals surface area contributed by atoms with Gasteiger partial charge in [-0.05, 0) is 41.3 Å². The van der Waals surface area contributed by atoms with Gasteiger partial charge in [-0.25, -0.2) is 16.8 Å². The minimum Gasteiger partial charge on any atom is -0.748 e. The summed E-state index contributed by atoms with van der Waals surface area (Å²) in [5, 5.41) is 0. The van der Waals surface area contributed by atoms with Gasteiger partial charge in [0.1, 0.15) is 6.08 Å². The van der Waals surface area contributed by atoms with E-state index in [-0.39, 0.29) is 61.4 Å². The maximum absolute atomic E-state index is 11.4. The van der Waals surface area contributed by atoms with E-state index >= 15 is 0 Å². The summed E-state index contributed by atoms with van der Waals surface area (Å²) in [4.78, 5) is 1.81. The number of hydrogen-bond donors (Lipinski definition) is 0. The van der Waals surface area contributed by atoms with Crippen LogP contribution in [0.4, 0.5) is 5.69 Å². The zero-order chi connectivity index (χ0) is 31.6. The van der Waals surface area contributed by atoms with E-state index in [4.69, 9.17) is 9.15 Å². The van der Waals surface area contributed by atoms with Crippen molar-refractivity contribution in [2.24, 2.45) is 0 Å². The molecule has 0 saturated carbocycles. The first-order chi connectivity index (χ1) is 21.5. The molecule has 6 rings (SSSR count). The molecule has 0 spiro atoms. The molecule has 13 heteroatoms. The first kappa shape index (κ1) is 34.1. The van der Waals surface area contributed by atoms with E-state index < -0.39 is 31.7 Å². The van der Waals surface area contributed by atoms with Crippen LogP contribution in [0.5, 0.6) is 5.75 Å². The molecule has 1 aliphatic heterocycles. The molecule has 0 fully saturated rings. The minimum absolute atomic E-state index is 0. The molecule has 0 N–H and O–H groups in total. The van der Waals surface area contributed by atoms with Gasteiger partial charge >= 0.3 is 35.4 Å². The van der Waals surface area contributed by atoms with E-state index in [1.807, 2.05) is 94.4 Å². The van der Waals surface area contributed by atoms with Crippen molar-refractivity contribution in [1.82, 2.24) is 0 Å². The van der Waals surface area contributed by atoms with Crippen molar-refractivity contribution in [3.8, 4) is 16.9 Å². The fourth-order valence-corrected chi connectivity index (χ4v) is 6.71. The number of benzene rings is 3. The van der Waals surface area contributed by atoms with Gasteiger partial charge in [0, 0.05) is 36.8 Å². The van der Waals surface area contributed by atoms with Gasteiger partial charge < -0.3 is 23.2 Å². The number of allylic oxidation sites excluding steroid dienone is 1. The molecular weight excluding hydrogens is 639 g/mol. The minimum atomic E-state index is -4.42. The van der Waals surface area contributed by atoms with Crippen LogP contribution in [0.2, 0.25) is 0 Å². The Morgan fingerprint density at radius 3 is 2.24 bits per heavy atom. The van der Waals surface area contributed by atoms with E-state index in [1.165, 1.54) is 0 Å². The fourth-order valence-electron chi connectivity index (χ4n) is 5.75. The second-order valence-electron chi connectivity index (χ2n) is 11.0. The Balaban J connectivity index is 0.00000417. The van der Waals surface area contributed by atoms with Crippen molar-refractivity contribution in [3.05, 3.63) is 114 Å². The summed E-state index contributed by atoms with van der Waals surface area (Å²) < 4.78 is 82.9. The number of oxazole rings is 1. The van der Waals surface area contributed by atoms with E-state index in [1.54, 1.807) is 6.08 Å². The van der Waals surface area contributed by atoms with Crippen LogP contribution >= 0.6 is 0 Å². The number of ether oxygens (including phenoxy) is 1. The van der Waals surface area contributed by atoms with Gasteiger partial charge in [0.15, 0.2) is 18.1 Å². The molecule has 2 aliphatic rings. The first-order valence-corrected chi connectivity index (χ1v) is 17.7. The van der Waals surface area contributed by atoms with Crippen LogP contribution in [0, 0.1) is 0 Å². The zero-order valence-corrected chi connectivity index (χ0v) is 28.9. The third-order valence-corrected chi connectivity index (χ3v) is 9.43. The van der Waals surface area contributed by atoms with Crippen LogP contribution < -0.4 is 43.8 Å². The summed E-state index contributed by atoms with van der Waals surface area (Å²) in [5.41, 5.74) is 4.60. The monoisotopic (exact) mass is 670 g/mol. The number of anilines is 1. The van der Waals surface area contributed by atoms with E-state index in [2.05, 4.69) is 6.08 Å². The van der Waals surface area contributed by atoms with Crippen LogP contribution in [-0.4, -0.2) is 44.0 Å². The van der Waals surface area contributed by atoms with Gasteiger partial charge in [-0.15, -0.1) is 0 Å². The Morgan fingerprint density at radius 1 is 0.870 bits per heavy atom. The number of aromatic nitrogens is 1. The number of hydrogen-bond acceptors (Lipinski definition) is 9. The predicted octanol–water partition coefficient (Wildman–Crippen LogP) is 1.66. The smallest absolute Gasteiger partial charge is 0.748 e. The fraction of sp³-hybridized carbons (Fsp3) is 0.242. The van der Waals surface area contributed by atoms with Crippen molar-refractivity contribution in [2.75, 3.05) is 23.0 Å². The van der Waals surface area contributed by atoms with E-state index in [0.29, 0.717) is 35.4 Å². The van der Waals surface area contributed by atoms with Gasteiger partial charge in [0.05, 0.1) is 25.9 Å². The summed E-state index contributed by atoms with van der Waals surface area (Å²) >= 11 is 0. The average molecular weight is 671 g/mol. The molecule has 0 bridgehead atoms. The van der Waals surface area contributed by atoms with Crippen molar-refractivity contribution >= 4 is 38.1 Å². The van der Waals surface area contributed by atoms with Crippen LogP contribution in [0.1, 0.15) is 41.7 Å². The molecule has 1 aliphatic carbocycles. The Morgan fingerprint density at radius 2 is 1.54 bits per heavy atom. The largest absolute Gasteiger partial charge is 1.00 e. The molecule has 4 aromatic rings. The molecular formula is C33H31N2NaO8S2. The molecule has 0 saturated heterocycles. The topological polar surface area (TPSA) is 144 Å². The van der Waals surface area contributed by atoms with Crippen molar-refractivity contribution in [2.45, 2.75) is 31.7 Å². The van der Waals surface area contributed by atoms with E-state index in [0.717, 1.165) is 22.4 Å². The third kappa shape index (κ3) is 8.18. The molecule has 2 heterocycles. The zero-order valence-electron chi connectivity index (χ0n) is 25.2. The summed E-state index contributed by atoms with van der Waals surface area (Å²) in [6, 6.07) is 25.5. The van der Waals surface area contributed by atoms with Crippen molar-refractivity contribution in [1.29, 1.82) is 0 Å². The molecule has 3 aromatic carbocycles. The molecule has 46 heavy (non-hydrogen) atoms. The van der Waals surface area contributed by atoms with Crippen LogP contribution in [-0.2, 0) is 33.2 Å². The second-order valence-corrected chi connectivity index (χ2v) is 14.0. The molecule has 10 nitrogen and oxygen atoms in total. The number of rotatable bonds is 11. The number of nitrogens with zero attached hydrogens (tertiary/aromatic N) is 2. The summed E-state index contributed by atoms with van der Waals surface area (Å²) in [7, 11) is -8.83. The average Bonchev–Trinajstić information content (AvgIpc) is 3.53. The summed E-state index contributed by atoms with van der Waals surface area (Å²) in [5.74, 6) is 0.927. The van der Waals surface area contributed by atoms with Gasteiger partial charge in [0.25, 0.3) is 0 Å². The Bertz CT molecular complexity index is 1980. The molecule has 0 radical (unpaired) electrons. The SMILES string of the molecule is O=S(=O)([O-])CCCN1C(=Cc2oc3c([n+]2CCCS(=O)(=O)[O-])CC(c2ccccc2)C=C3)Oc2ccc(-c3ccccc3)cc21.[Na+]. The molecule has 1 atom stereocenters. The maximum atomic E-state index is 11.4. The molecule has 1 unspecified atom stereocenters. The van der Waals surface area contributed by atoms with Gasteiger partial charge in [-0.2, -0.15) is 4.57 Å². The Hall–Kier alpha value is -3.23. The summed E-state index contributed by atoms with van der Waals surface area (Å²) in [6.45, 7) is 0.400. The van der Waals surface area contributed by atoms with Crippen molar-refractivity contribution in [3.63, 3.8) is 0 Å². The van der Waals surface area contributed by atoms with Crippen LogP contribution in [0.3, 0.4) is 0 Å². The quantitative estimate of drug-likeness (QED) is 0.132. The van der Waals surface area contributed by atoms with Crippen LogP contribution in [0.25, 0.3) is 23.3 Å². The normalized spacial score (nSPS) is 16.5. The molecule has 0 amide bonds. The van der Waals surface area contributed by atoms with Gasteiger partial charge in [0.2, 0.25) is 11.6 Å². The van der Waals surface area contributed by atoms with Crippen molar-refractivity contribution < 1.29 is 69.2 Å². The van der Waals surface area contributed by atoms with Gasteiger partial charge in [-0.1, -0.05) is 72.8 Å². The Labute approximate surface area is 290 Å². The summed E-state index contributed by atoms with van der Waals surface area (Å²) in [6.07, 6.45) is 6.40. The molecule has 234 valence electrons. The second kappa shape index (κ2) is 14.3. The number of fused-ring (bicyclic) bond motifs is 2. The molecule has 1 aromatic heterocycles. The van der Waals surface area contributed by atoms with E-state index in [9.17, 15) is 25.9 Å². The Kier molecular flexibility index (Phi) is 10.6. The first-order valence-electron chi connectivity index (χ1n) is 14.6. The third-order valence-electron chi connectivity index (χ3n) is 7.85. The van der Waals surface area contributed by atoms with Gasteiger partial charge in [-0.3, -0.25) is 0 Å².